The number of nitriles is 1. The first-order valence-electron chi connectivity index (χ1n) is 8.64. The van der Waals surface area contributed by atoms with Crippen molar-refractivity contribution in [2.75, 3.05) is 12.4 Å². The van der Waals surface area contributed by atoms with Crippen LogP contribution in [0.3, 0.4) is 0 Å². The van der Waals surface area contributed by atoms with E-state index in [-0.39, 0.29) is 11.5 Å². The Balaban J connectivity index is 2.41. The summed E-state index contributed by atoms with van der Waals surface area (Å²) in [6.45, 7) is 7.93. The first kappa shape index (κ1) is 20.5. The van der Waals surface area contributed by atoms with Crippen LogP contribution in [0, 0.1) is 25.2 Å². The van der Waals surface area contributed by atoms with Crippen molar-refractivity contribution in [3.05, 3.63) is 63.2 Å². The van der Waals surface area contributed by atoms with E-state index in [4.69, 9.17) is 16.3 Å². The van der Waals surface area contributed by atoms with Crippen molar-refractivity contribution in [3.8, 4) is 11.8 Å². The SMILES string of the molecule is COc1cc(C)c(/C=C(\C#N)C(=O)Nc2cc(Cl)ccc2C)cc1C(C)C. The van der Waals surface area contributed by atoms with Gasteiger partial charge in [-0.1, -0.05) is 31.5 Å². The van der Waals surface area contributed by atoms with Crippen LogP contribution in [0.15, 0.2) is 35.9 Å². The minimum atomic E-state index is -0.468. The predicted octanol–water partition coefficient (Wildman–Crippen LogP) is 5.63. The zero-order valence-corrected chi connectivity index (χ0v) is 16.9. The minimum absolute atomic E-state index is 0.0253. The van der Waals surface area contributed by atoms with Gasteiger partial charge in [0.1, 0.15) is 17.4 Å². The molecule has 0 aliphatic rings. The Hall–Kier alpha value is -2.77. The number of anilines is 1. The molecule has 1 N–H and O–H groups in total. The monoisotopic (exact) mass is 382 g/mol. The van der Waals surface area contributed by atoms with Gasteiger partial charge >= 0.3 is 0 Å². The molecule has 2 aromatic rings. The molecule has 0 bridgehead atoms. The standard InChI is InChI=1S/C22H23ClN2O2/c1-13(2)19-10-16(15(4)8-21(19)27-5)9-17(12-24)22(26)25-20-11-18(23)7-6-14(20)3/h6-11,13H,1-5H3,(H,25,26)/b17-9+. The molecule has 0 heterocycles. The number of aryl methyl sites for hydroxylation is 2. The van der Waals surface area contributed by atoms with E-state index in [0.717, 1.165) is 28.0 Å². The molecule has 0 aliphatic heterocycles. The highest BCUT2D eigenvalue weighted by atomic mass is 35.5. The van der Waals surface area contributed by atoms with Crippen LogP contribution in [-0.2, 0) is 4.79 Å². The summed E-state index contributed by atoms with van der Waals surface area (Å²) in [5.74, 6) is 0.586. The number of methoxy groups -OCH3 is 1. The summed E-state index contributed by atoms with van der Waals surface area (Å²) < 4.78 is 5.45. The van der Waals surface area contributed by atoms with Crippen LogP contribution >= 0.6 is 11.6 Å². The highest BCUT2D eigenvalue weighted by molar-refractivity contribution is 6.31. The summed E-state index contributed by atoms with van der Waals surface area (Å²) in [6.07, 6.45) is 1.61. The van der Waals surface area contributed by atoms with Crippen LogP contribution in [0.2, 0.25) is 5.02 Å². The maximum Gasteiger partial charge on any atom is 0.266 e. The van der Waals surface area contributed by atoms with Crippen molar-refractivity contribution in [2.45, 2.75) is 33.6 Å². The summed E-state index contributed by atoms with van der Waals surface area (Å²) in [7, 11) is 1.64. The maximum atomic E-state index is 12.6. The summed E-state index contributed by atoms with van der Waals surface area (Å²) >= 11 is 6.00. The molecular formula is C22H23ClN2O2. The van der Waals surface area contributed by atoms with Gasteiger partial charge in [0.05, 0.1) is 7.11 Å². The third-order valence-corrected chi connectivity index (χ3v) is 4.59. The summed E-state index contributed by atoms with van der Waals surface area (Å²) in [5, 5.41) is 12.8. The van der Waals surface area contributed by atoms with Crippen LogP contribution in [0.1, 0.15) is 42.0 Å². The highest BCUT2D eigenvalue weighted by Gasteiger charge is 2.14. The summed E-state index contributed by atoms with van der Waals surface area (Å²) in [6, 6.07) is 11.1. The molecule has 0 unspecified atom stereocenters. The molecule has 140 valence electrons. The van der Waals surface area contributed by atoms with Crippen molar-refractivity contribution in [3.63, 3.8) is 0 Å². The van der Waals surface area contributed by atoms with Crippen molar-refractivity contribution in [2.24, 2.45) is 0 Å². The van der Waals surface area contributed by atoms with Gasteiger partial charge in [-0.05, 0) is 72.4 Å². The molecule has 0 spiro atoms. The predicted molar refractivity (Wildman–Crippen MR) is 110 cm³/mol. The zero-order chi connectivity index (χ0) is 20.1. The molecule has 2 aromatic carbocycles. The number of nitrogens with zero attached hydrogens (tertiary/aromatic N) is 1. The van der Waals surface area contributed by atoms with Gasteiger partial charge in [0, 0.05) is 10.7 Å². The van der Waals surface area contributed by atoms with Gasteiger partial charge in [-0.25, -0.2) is 0 Å². The Labute approximate surface area is 165 Å². The Morgan fingerprint density at radius 2 is 1.93 bits per heavy atom. The Morgan fingerprint density at radius 3 is 2.52 bits per heavy atom. The van der Waals surface area contributed by atoms with Crippen LogP contribution in [0.25, 0.3) is 6.08 Å². The molecule has 0 fully saturated rings. The Bertz CT molecular complexity index is 940. The number of amides is 1. The van der Waals surface area contributed by atoms with Crippen LogP contribution < -0.4 is 10.1 Å². The average molecular weight is 383 g/mol. The second-order valence-corrected chi connectivity index (χ2v) is 7.13. The van der Waals surface area contributed by atoms with Crippen molar-refractivity contribution >= 4 is 29.3 Å². The number of carbonyl (C=O) groups excluding carboxylic acids is 1. The van der Waals surface area contributed by atoms with E-state index in [1.165, 1.54) is 0 Å². The summed E-state index contributed by atoms with van der Waals surface area (Å²) in [5.41, 5.74) is 4.25. The Morgan fingerprint density at radius 1 is 1.22 bits per heavy atom. The lowest BCUT2D eigenvalue weighted by molar-refractivity contribution is -0.112. The normalized spacial score (nSPS) is 11.3. The topological polar surface area (TPSA) is 62.1 Å². The molecule has 0 saturated heterocycles. The third kappa shape index (κ3) is 4.90. The highest BCUT2D eigenvalue weighted by Crippen LogP contribution is 2.30. The van der Waals surface area contributed by atoms with Gasteiger partial charge in [-0.15, -0.1) is 0 Å². The number of hydrogen-bond acceptors (Lipinski definition) is 3. The van der Waals surface area contributed by atoms with Gasteiger partial charge < -0.3 is 10.1 Å². The van der Waals surface area contributed by atoms with Crippen LogP contribution in [0.5, 0.6) is 5.75 Å². The van der Waals surface area contributed by atoms with E-state index >= 15 is 0 Å². The van der Waals surface area contributed by atoms with Crippen molar-refractivity contribution in [1.29, 1.82) is 5.26 Å². The van der Waals surface area contributed by atoms with Gasteiger partial charge in [0.25, 0.3) is 5.91 Å². The quantitative estimate of drug-likeness (QED) is 0.538. The van der Waals surface area contributed by atoms with E-state index in [9.17, 15) is 10.1 Å². The fourth-order valence-electron chi connectivity index (χ4n) is 2.72. The fourth-order valence-corrected chi connectivity index (χ4v) is 2.89. The molecule has 0 aromatic heterocycles. The number of ether oxygens (including phenoxy) is 1. The summed E-state index contributed by atoms with van der Waals surface area (Å²) in [4.78, 5) is 12.6. The fraction of sp³-hybridized carbons (Fsp3) is 0.273. The van der Waals surface area contributed by atoms with E-state index in [1.807, 2.05) is 38.1 Å². The molecule has 27 heavy (non-hydrogen) atoms. The lowest BCUT2D eigenvalue weighted by atomic mass is 9.95. The molecule has 2 rings (SSSR count). The largest absolute Gasteiger partial charge is 0.496 e. The number of carbonyl (C=O) groups is 1. The first-order valence-corrected chi connectivity index (χ1v) is 9.02. The Kier molecular flexibility index (Phi) is 6.65. The van der Waals surface area contributed by atoms with E-state index in [0.29, 0.717) is 10.7 Å². The molecule has 0 atom stereocenters. The van der Waals surface area contributed by atoms with Crippen molar-refractivity contribution in [1.82, 2.24) is 0 Å². The second-order valence-electron chi connectivity index (χ2n) is 6.69. The first-order chi connectivity index (χ1) is 12.8. The molecule has 0 radical (unpaired) electrons. The molecule has 5 heteroatoms. The second kappa shape index (κ2) is 8.75. The minimum Gasteiger partial charge on any atom is -0.496 e. The van der Waals surface area contributed by atoms with Crippen LogP contribution in [0.4, 0.5) is 5.69 Å². The lowest BCUT2D eigenvalue weighted by Gasteiger charge is -2.15. The average Bonchev–Trinajstić information content (AvgIpc) is 2.63. The van der Waals surface area contributed by atoms with E-state index < -0.39 is 5.91 Å². The number of halogens is 1. The van der Waals surface area contributed by atoms with E-state index in [1.54, 1.807) is 25.3 Å². The van der Waals surface area contributed by atoms with Gasteiger partial charge in [-0.3, -0.25) is 4.79 Å². The van der Waals surface area contributed by atoms with Crippen molar-refractivity contribution < 1.29 is 9.53 Å². The molecule has 1 amide bonds. The maximum absolute atomic E-state index is 12.6. The number of hydrogen-bond donors (Lipinski definition) is 1. The molecule has 0 saturated carbocycles. The number of nitrogens with one attached hydrogen (secondary N) is 1. The van der Waals surface area contributed by atoms with E-state index in [2.05, 4.69) is 19.2 Å². The smallest absolute Gasteiger partial charge is 0.266 e. The van der Waals surface area contributed by atoms with Gasteiger partial charge in [0.15, 0.2) is 0 Å². The van der Waals surface area contributed by atoms with Crippen LogP contribution in [-0.4, -0.2) is 13.0 Å². The zero-order valence-electron chi connectivity index (χ0n) is 16.2. The molecule has 0 aliphatic carbocycles. The van der Waals surface area contributed by atoms with Gasteiger partial charge in [0.2, 0.25) is 0 Å². The number of benzene rings is 2. The number of rotatable bonds is 5. The van der Waals surface area contributed by atoms with Gasteiger partial charge in [-0.2, -0.15) is 5.26 Å². The lowest BCUT2D eigenvalue weighted by Crippen LogP contribution is -2.14. The molecule has 4 nitrogen and oxygen atoms in total. The third-order valence-electron chi connectivity index (χ3n) is 4.35. The molecular weight excluding hydrogens is 360 g/mol.